The molecule has 0 fully saturated rings. The molecule has 0 amide bonds. The molecule has 92 valence electrons. The third-order valence-electron chi connectivity index (χ3n) is 2.43. The summed E-state index contributed by atoms with van der Waals surface area (Å²) in [7, 11) is 0. The minimum atomic E-state index is 0.905. The van der Waals surface area contributed by atoms with Crippen LogP contribution in [0.3, 0.4) is 0 Å². The minimum Gasteiger partial charge on any atom is -0.360 e. The summed E-state index contributed by atoms with van der Waals surface area (Å²) in [5.41, 5.74) is 0. The van der Waals surface area contributed by atoms with Crippen molar-refractivity contribution in [3.8, 4) is 0 Å². The second-order valence-corrected chi connectivity index (χ2v) is 4.82. The Labute approximate surface area is 102 Å². The Balaban J connectivity index is 2.43. The van der Waals surface area contributed by atoms with E-state index in [1.807, 2.05) is 0 Å². The van der Waals surface area contributed by atoms with Gasteiger partial charge in [0.25, 0.3) is 0 Å². The van der Waals surface area contributed by atoms with Gasteiger partial charge in [-0.15, -0.1) is 10.2 Å². The summed E-state index contributed by atoms with van der Waals surface area (Å²) >= 11 is 1.66. The zero-order valence-corrected chi connectivity index (χ0v) is 11.3. The topological polar surface area (TPSA) is 41.1 Å². The van der Waals surface area contributed by atoms with Crippen LogP contribution in [-0.2, 0) is 6.54 Å². The summed E-state index contributed by atoms with van der Waals surface area (Å²) in [5.74, 6) is 0. The lowest BCUT2D eigenvalue weighted by Crippen LogP contribution is -2.23. The first-order valence-electron chi connectivity index (χ1n) is 6.08. The summed E-state index contributed by atoms with van der Waals surface area (Å²) in [6, 6.07) is 0. The molecular formula is C11H22N4S. The molecule has 0 spiro atoms. The quantitative estimate of drug-likeness (QED) is 0.761. The van der Waals surface area contributed by atoms with Crippen LogP contribution in [0, 0.1) is 0 Å². The fourth-order valence-corrected chi connectivity index (χ4v) is 2.31. The second kappa shape index (κ2) is 7.57. The van der Waals surface area contributed by atoms with Crippen LogP contribution in [0.1, 0.15) is 38.6 Å². The lowest BCUT2D eigenvalue weighted by molar-refractivity contribution is 0.274. The molecule has 1 aromatic heterocycles. The van der Waals surface area contributed by atoms with Gasteiger partial charge in [-0.2, -0.15) is 0 Å². The first-order valence-corrected chi connectivity index (χ1v) is 6.90. The van der Waals surface area contributed by atoms with E-state index in [2.05, 4.69) is 41.2 Å². The number of rotatable bonds is 8. The van der Waals surface area contributed by atoms with Gasteiger partial charge in [0.15, 0.2) is 0 Å². The highest BCUT2D eigenvalue weighted by molar-refractivity contribution is 7.15. The van der Waals surface area contributed by atoms with Crippen molar-refractivity contribution in [1.82, 2.24) is 15.1 Å². The molecule has 1 heterocycles. The van der Waals surface area contributed by atoms with Crippen LogP contribution in [0.5, 0.6) is 0 Å². The highest BCUT2D eigenvalue weighted by Crippen LogP contribution is 2.16. The summed E-state index contributed by atoms with van der Waals surface area (Å²) in [5, 5.41) is 13.5. The molecule has 4 nitrogen and oxygen atoms in total. The number of unbranched alkanes of at least 4 members (excludes halogenated alkanes) is 1. The summed E-state index contributed by atoms with van der Waals surface area (Å²) < 4.78 is 0. The standard InChI is InChI=1S/C11H22N4S/c1-4-7-8-15(6-3)9-10-13-14-11(16-10)12-5-2/h4-9H2,1-3H3,(H,12,14). The van der Waals surface area contributed by atoms with Crippen molar-refractivity contribution in [2.45, 2.75) is 40.2 Å². The maximum Gasteiger partial charge on any atom is 0.205 e. The molecule has 16 heavy (non-hydrogen) atoms. The molecule has 0 unspecified atom stereocenters. The molecule has 0 aliphatic carbocycles. The van der Waals surface area contributed by atoms with Crippen molar-refractivity contribution < 1.29 is 0 Å². The molecule has 1 aromatic rings. The number of anilines is 1. The Hall–Kier alpha value is -0.680. The highest BCUT2D eigenvalue weighted by Gasteiger charge is 2.08. The van der Waals surface area contributed by atoms with Gasteiger partial charge in [0.2, 0.25) is 5.13 Å². The second-order valence-electron chi connectivity index (χ2n) is 3.75. The third-order valence-corrected chi connectivity index (χ3v) is 3.29. The van der Waals surface area contributed by atoms with Crippen molar-refractivity contribution in [3.63, 3.8) is 0 Å². The van der Waals surface area contributed by atoms with E-state index in [9.17, 15) is 0 Å². The first kappa shape index (κ1) is 13.4. The van der Waals surface area contributed by atoms with Crippen LogP contribution >= 0.6 is 11.3 Å². The van der Waals surface area contributed by atoms with Gasteiger partial charge in [-0.1, -0.05) is 31.6 Å². The normalized spacial score (nSPS) is 11.0. The highest BCUT2D eigenvalue weighted by atomic mass is 32.1. The fraction of sp³-hybridized carbons (Fsp3) is 0.818. The predicted octanol–water partition coefficient (Wildman–Crippen LogP) is 2.59. The van der Waals surface area contributed by atoms with Crippen LogP contribution in [0.25, 0.3) is 0 Å². The van der Waals surface area contributed by atoms with Crippen molar-refractivity contribution >= 4 is 16.5 Å². The molecule has 5 heteroatoms. The number of nitrogens with zero attached hydrogens (tertiary/aromatic N) is 3. The van der Waals surface area contributed by atoms with Crippen LogP contribution in [-0.4, -0.2) is 34.7 Å². The zero-order chi connectivity index (χ0) is 11.8. The molecule has 0 bridgehead atoms. The summed E-state index contributed by atoms with van der Waals surface area (Å²) in [4.78, 5) is 2.42. The van der Waals surface area contributed by atoms with E-state index in [0.717, 1.165) is 36.3 Å². The molecule has 0 aliphatic heterocycles. The molecule has 0 atom stereocenters. The molecule has 0 aromatic carbocycles. The summed E-state index contributed by atoms with van der Waals surface area (Å²) in [6.45, 7) is 10.6. The van der Waals surface area contributed by atoms with Gasteiger partial charge in [0, 0.05) is 6.54 Å². The van der Waals surface area contributed by atoms with Crippen molar-refractivity contribution in [1.29, 1.82) is 0 Å². The van der Waals surface area contributed by atoms with Gasteiger partial charge in [0.1, 0.15) is 5.01 Å². The molecule has 1 rings (SSSR count). The predicted molar refractivity (Wildman–Crippen MR) is 69.9 cm³/mol. The molecule has 0 saturated carbocycles. The van der Waals surface area contributed by atoms with Gasteiger partial charge >= 0.3 is 0 Å². The third kappa shape index (κ3) is 4.45. The van der Waals surface area contributed by atoms with E-state index >= 15 is 0 Å². The summed E-state index contributed by atoms with van der Waals surface area (Å²) in [6.07, 6.45) is 2.50. The molecule has 0 aliphatic rings. The van der Waals surface area contributed by atoms with Gasteiger partial charge in [-0.3, -0.25) is 4.90 Å². The largest absolute Gasteiger partial charge is 0.360 e. The van der Waals surface area contributed by atoms with Crippen molar-refractivity contribution in [2.75, 3.05) is 25.0 Å². The maximum absolute atomic E-state index is 4.19. The van der Waals surface area contributed by atoms with E-state index in [-0.39, 0.29) is 0 Å². The molecule has 1 N–H and O–H groups in total. The van der Waals surface area contributed by atoms with E-state index in [1.54, 1.807) is 11.3 Å². The van der Waals surface area contributed by atoms with Crippen LogP contribution < -0.4 is 5.32 Å². The molecule has 0 radical (unpaired) electrons. The number of hydrogen-bond donors (Lipinski definition) is 1. The van der Waals surface area contributed by atoms with E-state index in [1.165, 1.54) is 12.8 Å². The number of nitrogens with one attached hydrogen (secondary N) is 1. The fourth-order valence-electron chi connectivity index (χ4n) is 1.46. The SMILES string of the molecule is CCCCN(CC)Cc1nnc(NCC)s1. The first-order chi connectivity index (χ1) is 7.80. The van der Waals surface area contributed by atoms with Crippen LogP contribution in [0.15, 0.2) is 0 Å². The van der Waals surface area contributed by atoms with E-state index < -0.39 is 0 Å². The van der Waals surface area contributed by atoms with Crippen molar-refractivity contribution in [2.24, 2.45) is 0 Å². The smallest absolute Gasteiger partial charge is 0.205 e. The lowest BCUT2D eigenvalue weighted by atomic mass is 10.3. The molecular weight excluding hydrogens is 220 g/mol. The lowest BCUT2D eigenvalue weighted by Gasteiger charge is -2.17. The maximum atomic E-state index is 4.19. The number of hydrogen-bond acceptors (Lipinski definition) is 5. The van der Waals surface area contributed by atoms with Crippen LogP contribution in [0.4, 0.5) is 5.13 Å². The van der Waals surface area contributed by atoms with Crippen LogP contribution in [0.2, 0.25) is 0 Å². The minimum absolute atomic E-state index is 0.905. The number of aromatic nitrogens is 2. The van der Waals surface area contributed by atoms with Crippen molar-refractivity contribution in [3.05, 3.63) is 5.01 Å². The Morgan fingerprint density at radius 3 is 2.69 bits per heavy atom. The Kier molecular flexibility index (Phi) is 6.33. The van der Waals surface area contributed by atoms with Gasteiger partial charge in [0.05, 0.1) is 6.54 Å². The molecule has 0 saturated heterocycles. The van der Waals surface area contributed by atoms with Gasteiger partial charge < -0.3 is 5.32 Å². The zero-order valence-electron chi connectivity index (χ0n) is 10.5. The Bertz CT molecular complexity index is 287. The van der Waals surface area contributed by atoms with Gasteiger partial charge in [-0.25, -0.2) is 0 Å². The van der Waals surface area contributed by atoms with E-state index in [0.29, 0.717) is 0 Å². The van der Waals surface area contributed by atoms with Gasteiger partial charge in [-0.05, 0) is 26.4 Å². The monoisotopic (exact) mass is 242 g/mol. The average Bonchev–Trinajstić information content (AvgIpc) is 2.72. The van der Waals surface area contributed by atoms with E-state index in [4.69, 9.17) is 0 Å². The Morgan fingerprint density at radius 1 is 1.25 bits per heavy atom. The Morgan fingerprint density at radius 2 is 2.06 bits per heavy atom. The average molecular weight is 242 g/mol.